The molecule has 0 aliphatic rings. The van der Waals surface area contributed by atoms with E-state index in [-0.39, 0.29) is 5.82 Å². The predicted molar refractivity (Wildman–Crippen MR) is 95.1 cm³/mol. The first-order valence-electron chi connectivity index (χ1n) is 8.69. The number of carbonyl (C=O) groups is 1. The number of rotatable bonds is 9. The number of halogens is 3. The van der Waals surface area contributed by atoms with Crippen molar-refractivity contribution in [2.75, 3.05) is 11.9 Å². The number of carbonyl (C=O) groups excluding carboxylic acids is 1. The van der Waals surface area contributed by atoms with Gasteiger partial charge < -0.3 is 5.32 Å². The fraction of sp³-hybridized carbons (Fsp3) is 0.421. The van der Waals surface area contributed by atoms with E-state index in [1.165, 1.54) is 31.2 Å². The number of hydrogen-bond donors (Lipinski definition) is 1. The van der Waals surface area contributed by atoms with Gasteiger partial charge in [0, 0.05) is 18.3 Å². The Morgan fingerprint density at radius 1 is 1.08 bits per heavy atom. The third-order valence-corrected chi connectivity index (χ3v) is 4.01. The molecule has 0 radical (unpaired) electrons. The van der Waals surface area contributed by atoms with Crippen LogP contribution in [0, 0.1) is 0 Å². The molecule has 0 aliphatic heterocycles. The van der Waals surface area contributed by atoms with Crippen LogP contribution in [0.25, 0.3) is 11.1 Å². The third kappa shape index (κ3) is 5.54. The van der Waals surface area contributed by atoms with E-state index >= 15 is 0 Å². The minimum absolute atomic E-state index is 0.0362. The highest BCUT2D eigenvalue weighted by Gasteiger charge is 2.30. The Kier molecular flexibility index (Phi) is 7.12. The lowest BCUT2D eigenvalue weighted by atomic mass is 10.1. The molecule has 1 heterocycles. The van der Waals surface area contributed by atoms with E-state index in [2.05, 4.69) is 22.2 Å². The molecule has 26 heavy (non-hydrogen) atoms. The van der Waals surface area contributed by atoms with E-state index in [0.29, 0.717) is 29.8 Å². The van der Waals surface area contributed by atoms with E-state index in [0.717, 1.165) is 31.4 Å². The van der Waals surface area contributed by atoms with Crippen LogP contribution in [0.2, 0.25) is 0 Å². The summed E-state index contributed by atoms with van der Waals surface area (Å²) in [6.07, 6.45) is 3.18. The van der Waals surface area contributed by atoms with Gasteiger partial charge in [0.25, 0.3) is 0 Å². The first-order valence-corrected chi connectivity index (χ1v) is 8.69. The molecule has 7 heteroatoms. The van der Waals surface area contributed by atoms with Crippen LogP contribution in [0.15, 0.2) is 30.5 Å². The minimum atomic E-state index is -4.38. The van der Waals surface area contributed by atoms with Crippen LogP contribution in [0.4, 0.5) is 19.0 Å². The molecule has 2 aromatic rings. The molecular formula is C19H22F3N3O. The van der Waals surface area contributed by atoms with Crippen molar-refractivity contribution in [3.05, 3.63) is 41.9 Å². The van der Waals surface area contributed by atoms with E-state index in [4.69, 9.17) is 0 Å². The molecule has 0 atom stereocenters. The van der Waals surface area contributed by atoms with Gasteiger partial charge in [-0.25, -0.2) is 9.97 Å². The van der Waals surface area contributed by atoms with Gasteiger partial charge in [0.05, 0.1) is 5.56 Å². The molecule has 0 saturated carbocycles. The smallest absolute Gasteiger partial charge is 0.369 e. The van der Waals surface area contributed by atoms with Crippen LogP contribution < -0.4 is 5.32 Å². The summed E-state index contributed by atoms with van der Waals surface area (Å²) < 4.78 is 38.2. The molecule has 1 N–H and O–H groups in total. The zero-order chi connectivity index (χ0) is 19.0. The molecule has 0 amide bonds. The van der Waals surface area contributed by atoms with Crippen LogP contribution in [0.3, 0.4) is 0 Å². The SMILES string of the molecule is CCCCCCCNc1nc(C=O)ncc1-c1ccc(C(F)(F)F)cc1. The predicted octanol–water partition coefficient (Wildman–Crippen LogP) is 5.36. The maximum atomic E-state index is 12.7. The average molecular weight is 365 g/mol. The third-order valence-electron chi connectivity index (χ3n) is 4.01. The number of aldehydes is 1. The highest BCUT2D eigenvalue weighted by Crippen LogP contribution is 2.32. The quantitative estimate of drug-likeness (QED) is 0.480. The van der Waals surface area contributed by atoms with Crippen LogP contribution in [-0.2, 0) is 6.18 Å². The molecule has 2 rings (SSSR count). The van der Waals surface area contributed by atoms with Crippen LogP contribution >= 0.6 is 0 Å². The first-order chi connectivity index (χ1) is 12.5. The Bertz CT molecular complexity index is 715. The van der Waals surface area contributed by atoms with Crippen molar-refractivity contribution in [3.63, 3.8) is 0 Å². The summed E-state index contributed by atoms with van der Waals surface area (Å²) in [5.74, 6) is 0.492. The summed E-state index contributed by atoms with van der Waals surface area (Å²) in [5.41, 5.74) is 0.416. The zero-order valence-electron chi connectivity index (χ0n) is 14.6. The number of aromatic nitrogens is 2. The van der Waals surface area contributed by atoms with Gasteiger partial charge in [0.2, 0.25) is 0 Å². The van der Waals surface area contributed by atoms with Crippen molar-refractivity contribution in [3.8, 4) is 11.1 Å². The summed E-state index contributed by atoms with van der Waals surface area (Å²) in [6, 6.07) is 4.82. The van der Waals surface area contributed by atoms with Crippen molar-refractivity contribution >= 4 is 12.1 Å². The average Bonchev–Trinajstić information content (AvgIpc) is 2.64. The van der Waals surface area contributed by atoms with Gasteiger partial charge in [-0.2, -0.15) is 13.2 Å². The Balaban J connectivity index is 2.15. The Labute approximate surface area is 150 Å². The summed E-state index contributed by atoms with van der Waals surface area (Å²) in [6.45, 7) is 2.82. The molecule has 0 saturated heterocycles. The second kappa shape index (κ2) is 9.31. The zero-order valence-corrected chi connectivity index (χ0v) is 14.6. The Morgan fingerprint density at radius 3 is 2.38 bits per heavy atom. The highest BCUT2D eigenvalue weighted by atomic mass is 19.4. The maximum absolute atomic E-state index is 12.7. The minimum Gasteiger partial charge on any atom is -0.369 e. The van der Waals surface area contributed by atoms with Gasteiger partial charge in [-0.3, -0.25) is 4.79 Å². The molecule has 0 bridgehead atoms. The van der Waals surface area contributed by atoms with Crippen molar-refractivity contribution < 1.29 is 18.0 Å². The lowest BCUT2D eigenvalue weighted by molar-refractivity contribution is -0.137. The molecule has 0 unspecified atom stereocenters. The normalized spacial score (nSPS) is 11.4. The summed E-state index contributed by atoms with van der Waals surface area (Å²) in [4.78, 5) is 19.0. The van der Waals surface area contributed by atoms with Crippen molar-refractivity contribution in [2.45, 2.75) is 45.2 Å². The summed E-state index contributed by atoms with van der Waals surface area (Å²) in [7, 11) is 0. The van der Waals surface area contributed by atoms with Gasteiger partial charge >= 0.3 is 6.18 Å². The largest absolute Gasteiger partial charge is 0.416 e. The molecule has 0 spiro atoms. The van der Waals surface area contributed by atoms with Crippen LogP contribution in [0.5, 0.6) is 0 Å². The first kappa shape index (κ1) is 19.9. The number of unbranched alkanes of at least 4 members (excludes halogenated alkanes) is 4. The van der Waals surface area contributed by atoms with Crippen molar-refractivity contribution in [1.82, 2.24) is 9.97 Å². The molecule has 140 valence electrons. The topological polar surface area (TPSA) is 54.9 Å². The number of hydrogen-bond acceptors (Lipinski definition) is 4. The number of alkyl halides is 3. The fourth-order valence-corrected chi connectivity index (χ4v) is 2.57. The molecular weight excluding hydrogens is 343 g/mol. The standard InChI is InChI=1S/C19H22F3N3O/c1-2-3-4-5-6-11-23-18-16(12-24-17(13-26)25-18)14-7-9-15(10-8-14)19(20,21)22/h7-10,12-13H,2-6,11H2,1H3,(H,23,24,25). The molecule has 1 aromatic carbocycles. The lowest BCUT2D eigenvalue weighted by Crippen LogP contribution is -2.08. The number of benzene rings is 1. The lowest BCUT2D eigenvalue weighted by Gasteiger charge is -2.12. The summed E-state index contributed by atoms with van der Waals surface area (Å²) >= 11 is 0. The van der Waals surface area contributed by atoms with Gasteiger partial charge in [-0.15, -0.1) is 0 Å². The molecule has 0 fully saturated rings. The maximum Gasteiger partial charge on any atom is 0.416 e. The Morgan fingerprint density at radius 2 is 1.77 bits per heavy atom. The van der Waals surface area contributed by atoms with Gasteiger partial charge in [-0.05, 0) is 24.1 Å². The van der Waals surface area contributed by atoms with E-state index < -0.39 is 11.7 Å². The number of nitrogens with zero attached hydrogens (tertiary/aromatic N) is 2. The Hall–Kier alpha value is -2.44. The van der Waals surface area contributed by atoms with Crippen molar-refractivity contribution in [2.24, 2.45) is 0 Å². The van der Waals surface area contributed by atoms with Crippen LogP contribution in [0.1, 0.15) is 55.2 Å². The van der Waals surface area contributed by atoms with Gasteiger partial charge in [0.15, 0.2) is 12.1 Å². The molecule has 0 aliphatic carbocycles. The fourth-order valence-electron chi connectivity index (χ4n) is 2.57. The number of nitrogens with one attached hydrogen (secondary N) is 1. The van der Waals surface area contributed by atoms with Gasteiger partial charge in [0.1, 0.15) is 5.82 Å². The van der Waals surface area contributed by atoms with Crippen molar-refractivity contribution in [1.29, 1.82) is 0 Å². The second-order valence-electron chi connectivity index (χ2n) is 6.02. The number of anilines is 1. The van der Waals surface area contributed by atoms with E-state index in [9.17, 15) is 18.0 Å². The molecule has 1 aromatic heterocycles. The molecule has 4 nitrogen and oxygen atoms in total. The second-order valence-corrected chi connectivity index (χ2v) is 6.02. The monoisotopic (exact) mass is 365 g/mol. The van der Waals surface area contributed by atoms with Crippen LogP contribution in [-0.4, -0.2) is 22.8 Å². The van der Waals surface area contributed by atoms with E-state index in [1.807, 2.05) is 0 Å². The highest BCUT2D eigenvalue weighted by molar-refractivity contribution is 5.78. The van der Waals surface area contributed by atoms with E-state index in [1.54, 1.807) is 0 Å². The van der Waals surface area contributed by atoms with Gasteiger partial charge in [-0.1, -0.05) is 44.7 Å². The summed E-state index contributed by atoms with van der Waals surface area (Å²) in [5, 5.41) is 3.18.